The summed E-state index contributed by atoms with van der Waals surface area (Å²) in [4.78, 5) is 15.2. The maximum atomic E-state index is 11.4. The molecule has 0 amide bonds. The molecule has 0 saturated heterocycles. The highest BCUT2D eigenvalue weighted by Crippen LogP contribution is 2.02. The summed E-state index contributed by atoms with van der Waals surface area (Å²) in [6.45, 7) is 0. The molecule has 0 unspecified atom stereocenters. The van der Waals surface area contributed by atoms with Crippen LogP contribution in [0.3, 0.4) is 0 Å². The van der Waals surface area contributed by atoms with Gasteiger partial charge in [-0.15, -0.1) is 0 Å². The van der Waals surface area contributed by atoms with E-state index in [0.717, 1.165) is 6.26 Å². The summed E-state index contributed by atoms with van der Waals surface area (Å²) in [5.74, 6) is -0.302. The van der Waals surface area contributed by atoms with E-state index in [9.17, 15) is 13.2 Å². The van der Waals surface area contributed by atoms with Gasteiger partial charge in [-0.05, 0) is 12.1 Å². The molecule has 14 heavy (non-hydrogen) atoms. The predicted molar refractivity (Wildman–Crippen MR) is 52.9 cm³/mol. The average molecular weight is 213 g/mol. The molecular formula is C9H11NO3S. The van der Waals surface area contributed by atoms with E-state index in [-0.39, 0.29) is 18.0 Å². The average Bonchev–Trinajstić information content (AvgIpc) is 2.14. The van der Waals surface area contributed by atoms with Crippen LogP contribution < -0.4 is 0 Å². The van der Waals surface area contributed by atoms with Crippen LogP contribution in [0.4, 0.5) is 0 Å². The highest BCUT2D eigenvalue weighted by Gasteiger charge is 2.09. The zero-order chi connectivity index (χ0) is 10.6. The van der Waals surface area contributed by atoms with Crippen molar-refractivity contribution in [2.24, 2.45) is 0 Å². The van der Waals surface area contributed by atoms with Crippen molar-refractivity contribution >= 4 is 15.6 Å². The minimum atomic E-state index is -3.07. The van der Waals surface area contributed by atoms with Gasteiger partial charge in [0, 0.05) is 30.6 Å². The molecule has 0 fully saturated rings. The SMILES string of the molecule is CS(=O)(=O)CCC(=O)c1cccnc1. The Bertz CT molecular complexity index is 411. The molecule has 4 nitrogen and oxygen atoms in total. The fraction of sp³-hybridized carbons (Fsp3) is 0.333. The molecule has 0 spiro atoms. The molecule has 0 aliphatic rings. The molecule has 1 rings (SSSR count). The first-order chi connectivity index (χ1) is 6.49. The summed E-state index contributed by atoms with van der Waals surface area (Å²) in [6, 6.07) is 3.27. The Morgan fingerprint density at radius 3 is 2.71 bits per heavy atom. The third-order valence-corrected chi connectivity index (χ3v) is 2.63. The van der Waals surface area contributed by atoms with Gasteiger partial charge in [-0.25, -0.2) is 8.42 Å². The fourth-order valence-corrected chi connectivity index (χ4v) is 1.51. The summed E-state index contributed by atoms with van der Waals surface area (Å²) in [5.41, 5.74) is 0.455. The zero-order valence-electron chi connectivity index (χ0n) is 7.80. The largest absolute Gasteiger partial charge is 0.294 e. The zero-order valence-corrected chi connectivity index (χ0v) is 8.62. The second-order valence-electron chi connectivity index (χ2n) is 3.04. The van der Waals surface area contributed by atoms with Crippen LogP contribution in [0.15, 0.2) is 24.5 Å². The van der Waals surface area contributed by atoms with Crippen LogP contribution in [-0.4, -0.2) is 31.2 Å². The summed E-state index contributed by atoms with van der Waals surface area (Å²) >= 11 is 0. The molecule has 5 heteroatoms. The highest BCUT2D eigenvalue weighted by atomic mass is 32.2. The van der Waals surface area contributed by atoms with Gasteiger partial charge in [-0.3, -0.25) is 9.78 Å². The number of carbonyl (C=O) groups excluding carboxylic acids is 1. The summed E-state index contributed by atoms with van der Waals surface area (Å²) in [7, 11) is -3.07. The van der Waals surface area contributed by atoms with Crippen LogP contribution in [0.1, 0.15) is 16.8 Å². The Morgan fingerprint density at radius 1 is 1.50 bits per heavy atom. The van der Waals surface area contributed by atoms with Gasteiger partial charge in [0.05, 0.1) is 5.75 Å². The molecule has 0 N–H and O–H groups in total. The maximum Gasteiger partial charge on any atom is 0.165 e. The second-order valence-corrected chi connectivity index (χ2v) is 5.30. The van der Waals surface area contributed by atoms with E-state index in [2.05, 4.69) is 4.98 Å². The van der Waals surface area contributed by atoms with Crippen molar-refractivity contribution in [2.75, 3.05) is 12.0 Å². The Hall–Kier alpha value is -1.23. The van der Waals surface area contributed by atoms with Gasteiger partial charge in [0.15, 0.2) is 5.78 Å². The van der Waals surface area contributed by atoms with Crippen molar-refractivity contribution in [3.05, 3.63) is 30.1 Å². The van der Waals surface area contributed by atoms with E-state index >= 15 is 0 Å². The molecular weight excluding hydrogens is 202 g/mol. The molecule has 0 radical (unpaired) electrons. The Balaban J connectivity index is 2.61. The molecule has 0 aliphatic carbocycles. The third kappa shape index (κ3) is 3.66. The molecule has 0 saturated carbocycles. The lowest BCUT2D eigenvalue weighted by atomic mass is 10.1. The molecule has 0 aromatic carbocycles. The van der Waals surface area contributed by atoms with Crippen molar-refractivity contribution in [3.63, 3.8) is 0 Å². The molecule has 76 valence electrons. The number of hydrogen-bond donors (Lipinski definition) is 0. The minimum Gasteiger partial charge on any atom is -0.294 e. The molecule has 1 aromatic heterocycles. The number of rotatable bonds is 4. The van der Waals surface area contributed by atoms with Crippen LogP contribution in [0, 0.1) is 0 Å². The molecule has 0 atom stereocenters. The fourth-order valence-electron chi connectivity index (χ4n) is 0.950. The topological polar surface area (TPSA) is 64.1 Å². The smallest absolute Gasteiger partial charge is 0.165 e. The monoisotopic (exact) mass is 213 g/mol. The summed E-state index contributed by atoms with van der Waals surface area (Å²) in [5, 5.41) is 0. The number of sulfone groups is 1. The number of pyridine rings is 1. The van der Waals surface area contributed by atoms with Crippen LogP contribution >= 0.6 is 0 Å². The van der Waals surface area contributed by atoms with E-state index < -0.39 is 9.84 Å². The lowest BCUT2D eigenvalue weighted by molar-refractivity contribution is 0.0988. The Morgan fingerprint density at radius 2 is 2.21 bits per heavy atom. The van der Waals surface area contributed by atoms with Crippen molar-refractivity contribution in [3.8, 4) is 0 Å². The number of Topliss-reactive ketones (excluding diaryl/α,β-unsaturated/α-hetero) is 1. The van der Waals surface area contributed by atoms with E-state index in [1.54, 1.807) is 18.3 Å². The number of aromatic nitrogens is 1. The normalized spacial score (nSPS) is 11.2. The third-order valence-electron chi connectivity index (χ3n) is 1.68. The van der Waals surface area contributed by atoms with E-state index in [4.69, 9.17) is 0 Å². The van der Waals surface area contributed by atoms with Gasteiger partial charge in [0.1, 0.15) is 9.84 Å². The first-order valence-corrected chi connectivity index (χ1v) is 6.16. The van der Waals surface area contributed by atoms with Gasteiger partial charge >= 0.3 is 0 Å². The number of hydrogen-bond acceptors (Lipinski definition) is 4. The van der Waals surface area contributed by atoms with Gasteiger partial charge in [-0.1, -0.05) is 0 Å². The van der Waals surface area contributed by atoms with Gasteiger partial charge < -0.3 is 0 Å². The second kappa shape index (κ2) is 4.32. The van der Waals surface area contributed by atoms with Gasteiger partial charge in [0.25, 0.3) is 0 Å². The number of nitrogens with zero attached hydrogens (tertiary/aromatic N) is 1. The van der Waals surface area contributed by atoms with Crippen molar-refractivity contribution in [1.29, 1.82) is 0 Å². The maximum absolute atomic E-state index is 11.4. The van der Waals surface area contributed by atoms with Crippen LogP contribution in [-0.2, 0) is 9.84 Å². The Kier molecular flexibility index (Phi) is 3.35. The van der Waals surface area contributed by atoms with Crippen LogP contribution in [0.5, 0.6) is 0 Å². The van der Waals surface area contributed by atoms with Crippen molar-refractivity contribution in [1.82, 2.24) is 4.98 Å². The lowest BCUT2D eigenvalue weighted by Gasteiger charge is -1.98. The molecule has 1 heterocycles. The van der Waals surface area contributed by atoms with E-state index in [1.807, 2.05) is 0 Å². The van der Waals surface area contributed by atoms with Gasteiger partial charge in [0.2, 0.25) is 0 Å². The van der Waals surface area contributed by atoms with Gasteiger partial charge in [-0.2, -0.15) is 0 Å². The summed E-state index contributed by atoms with van der Waals surface area (Å²) < 4.78 is 21.6. The summed E-state index contributed by atoms with van der Waals surface area (Å²) in [6.07, 6.45) is 4.13. The van der Waals surface area contributed by atoms with E-state index in [0.29, 0.717) is 5.56 Å². The minimum absolute atomic E-state index is 0.0184. The lowest BCUT2D eigenvalue weighted by Crippen LogP contribution is -2.09. The van der Waals surface area contributed by atoms with Crippen molar-refractivity contribution in [2.45, 2.75) is 6.42 Å². The molecule has 0 bridgehead atoms. The number of carbonyl (C=O) groups is 1. The quantitative estimate of drug-likeness (QED) is 0.690. The highest BCUT2D eigenvalue weighted by molar-refractivity contribution is 7.90. The van der Waals surface area contributed by atoms with Crippen molar-refractivity contribution < 1.29 is 13.2 Å². The predicted octanol–water partition coefficient (Wildman–Crippen LogP) is 0.699. The van der Waals surface area contributed by atoms with E-state index in [1.165, 1.54) is 6.20 Å². The van der Waals surface area contributed by atoms with Crippen LogP contribution in [0.25, 0.3) is 0 Å². The standard InChI is InChI=1S/C9H11NO3S/c1-14(12,13)6-4-9(11)8-3-2-5-10-7-8/h2-3,5,7H,4,6H2,1H3. The number of ketones is 1. The first-order valence-electron chi connectivity index (χ1n) is 4.10. The Labute approximate surface area is 82.9 Å². The molecule has 0 aliphatic heterocycles. The first kappa shape index (κ1) is 10.8. The molecule has 1 aromatic rings. The van der Waals surface area contributed by atoms with Crippen LogP contribution in [0.2, 0.25) is 0 Å².